The SMILES string of the molecule is CCC1CCCC(Nc2ccc(-n3cccn3)cc2)CC1. The summed E-state index contributed by atoms with van der Waals surface area (Å²) >= 11 is 0. The van der Waals surface area contributed by atoms with Crippen molar-refractivity contribution in [3.8, 4) is 5.69 Å². The summed E-state index contributed by atoms with van der Waals surface area (Å²) in [6.07, 6.45) is 11.9. The fourth-order valence-electron chi connectivity index (χ4n) is 3.30. The lowest BCUT2D eigenvalue weighted by Gasteiger charge is -2.18. The highest BCUT2D eigenvalue weighted by Crippen LogP contribution is 2.27. The monoisotopic (exact) mass is 283 g/mol. The number of benzene rings is 1. The highest BCUT2D eigenvalue weighted by Gasteiger charge is 2.17. The minimum Gasteiger partial charge on any atom is -0.382 e. The molecule has 0 saturated heterocycles. The molecule has 21 heavy (non-hydrogen) atoms. The van der Waals surface area contributed by atoms with Gasteiger partial charge in [0.05, 0.1) is 5.69 Å². The summed E-state index contributed by atoms with van der Waals surface area (Å²) in [6, 6.07) is 11.2. The second-order valence-electron chi connectivity index (χ2n) is 6.12. The molecule has 2 unspecified atom stereocenters. The van der Waals surface area contributed by atoms with Gasteiger partial charge in [0.1, 0.15) is 0 Å². The molecule has 1 aliphatic carbocycles. The lowest BCUT2D eigenvalue weighted by molar-refractivity contribution is 0.444. The quantitative estimate of drug-likeness (QED) is 0.828. The van der Waals surface area contributed by atoms with Crippen LogP contribution in [0.15, 0.2) is 42.7 Å². The minimum absolute atomic E-state index is 0.636. The number of aromatic nitrogens is 2. The molecule has 0 bridgehead atoms. The van der Waals surface area contributed by atoms with Gasteiger partial charge in [-0.3, -0.25) is 0 Å². The molecule has 0 radical (unpaired) electrons. The standard InChI is InChI=1S/C18H25N3/c1-2-15-5-3-6-16(8-7-15)20-17-9-11-18(12-10-17)21-14-4-13-19-21/h4,9-16,20H,2-3,5-8H2,1H3. The average Bonchev–Trinajstić information content (AvgIpc) is 2.96. The Bertz CT molecular complexity index is 530. The molecule has 1 N–H and O–H groups in total. The van der Waals surface area contributed by atoms with Gasteiger partial charge in [0, 0.05) is 24.1 Å². The second-order valence-corrected chi connectivity index (χ2v) is 6.12. The number of hydrogen-bond acceptors (Lipinski definition) is 2. The van der Waals surface area contributed by atoms with E-state index in [0.29, 0.717) is 6.04 Å². The van der Waals surface area contributed by atoms with Crippen LogP contribution in [0.2, 0.25) is 0 Å². The lowest BCUT2D eigenvalue weighted by Crippen LogP contribution is -2.18. The van der Waals surface area contributed by atoms with E-state index in [4.69, 9.17) is 0 Å². The molecule has 0 aliphatic heterocycles. The first kappa shape index (κ1) is 14.2. The third kappa shape index (κ3) is 3.66. The van der Waals surface area contributed by atoms with Crippen LogP contribution in [0.25, 0.3) is 5.69 Å². The zero-order valence-corrected chi connectivity index (χ0v) is 12.8. The van der Waals surface area contributed by atoms with E-state index in [2.05, 4.69) is 41.6 Å². The molecule has 1 aromatic carbocycles. The van der Waals surface area contributed by atoms with E-state index >= 15 is 0 Å². The Labute approximate surface area is 127 Å². The molecule has 1 heterocycles. The van der Waals surface area contributed by atoms with Crippen molar-refractivity contribution in [1.82, 2.24) is 9.78 Å². The Morgan fingerprint density at radius 3 is 2.71 bits per heavy atom. The summed E-state index contributed by atoms with van der Waals surface area (Å²) < 4.78 is 1.89. The molecule has 3 rings (SSSR count). The van der Waals surface area contributed by atoms with Gasteiger partial charge in [-0.1, -0.05) is 26.2 Å². The molecule has 112 valence electrons. The predicted octanol–water partition coefficient (Wildman–Crippen LogP) is 4.64. The first-order chi connectivity index (χ1) is 10.3. The summed E-state index contributed by atoms with van der Waals surface area (Å²) in [5.41, 5.74) is 2.34. The summed E-state index contributed by atoms with van der Waals surface area (Å²) in [4.78, 5) is 0. The molecule has 3 heteroatoms. The molecular formula is C18H25N3. The molecule has 3 nitrogen and oxygen atoms in total. The van der Waals surface area contributed by atoms with Crippen molar-refractivity contribution >= 4 is 5.69 Å². The molecule has 1 aromatic heterocycles. The third-order valence-corrected chi connectivity index (χ3v) is 4.67. The van der Waals surface area contributed by atoms with E-state index in [1.807, 2.05) is 23.1 Å². The first-order valence-electron chi connectivity index (χ1n) is 8.22. The molecule has 2 atom stereocenters. The van der Waals surface area contributed by atoms with Gasteiger partial charge in [-0.15, -0.1) is 0 Å². The molecule has 0 amide bonds. The van der Waals surface area contributed by atoms with Crippen LogP contribution in [-0.4, -0.2) is 15.8 Å². The average molecular weight is 283 g/mol. The zero-order chi connectivity index (χ0) is 14.5. The second kappa shape index (κ2) is 6.79. The maximum absolute atomic E-state index is 4.26. The van der Waals surface area contributed by atoms with Gasteiger partial charge >= 0.3 is 0 Å². The van der Waals surface area contributed by atoms with E-state index in [9.17, 15) is 0 Å². The van der Waals surface area contributed by atoms with Crippen molar-refractivity contribution in [3.63, 3.8) is 0 Å². The van der Waals surface area contributed by atoms with Crippen molar-refractivity contribution < 1.29 is 0 Å². The lowest BCUT2D eigenvalue weighted by atomic mass is 9.98. The summed E-state index contributed by atoms with van der Waals surface area (Å²) in [7, 11) is 0. The smallest absolute Gasteiger partial charge is 0.0647 e. The van der Waals surface area contributed by atoms with Crippen LogP contribution in [0.1, 0.15) is 45.4 Å². The predicted molar refractivity (Wildman–Crippen MR) is 87.8 cm³/mol. The maximum atomic E-state index is 4.26. The van der Waals surface area contributed by atoms with Gasteiger partial charge in [-0.2, -0.15) is 5.10 Å². The summed E-state index contributed by atoms with van der Waals surface area (Å²) in [5, 5.41) is 7.97. The van der Waals surface area contributed by atoms with Crippen molar-refractivity contribution in [1.29, 1.82) is 0 Å². The van der Waals surface area contributed by atoms with E-state index < -0.39 is 0 Å². The van der Waals surface area contributed by atoms with Gasteiger partial charge < -0.3 is 5.32 Å². The van der Waals surface area contributed by atoms with Crippen molar-refractivity contribution in [3.05, 3.63) is 42.7 Å². The largest absolute Gasteiger partial charge is 0.382 e. The van der Waals surface area contributed by atoms with Crippen LogP contribution in [0.4, 0.5) is 5.69 Å². The van der Waals surface area contributed by atoms with Crippen LogP contribution < -0.4 is 5.32 Å². The first-order valence-corrected chi connectivity index (χ1v) is 8.22. The van der Waals surface area contributed by atoms with Gasteiger partial charge in [0.2, 0.25) is 0 Å². The fourth-order valence-corrected chi connectivity index (χ4v) is 3.30. The highest BCUT2D eigenvalue weighted by atomic mass is 15.3. The van der Waals surface area contributed by atoms with Crippen molar-refractivity contribution in [2.45, 2.75) is 51.5 Å². The number of nitrogens with zero attached hydrogens (tertiary/aromatic N) is 2. The third-order valence-electron chi connectivity index (χ3n) is 4.67. The van der Waals surface area contributed by atoms with Gasteiger partial charge in [0.25, 0.3) is 0 Å². The number of anilines is 1. The van der Waals surface area contributed by atoms with E-state index in [1.54, 1.807) is 0 Å². The Morgan fingerprint density at radius 2 is 2.00 bits per heavy atom. The van der Waals surface area contributed by atoms with Crippen LogP contribution in [0, 0.1) is 5.92 Å². The van der Waals surface area contributed by atoms with Crippen molar-refractivity contribution in [2.24, 2.45) is 5.92 Å². The Morgan fingerprint density at radius 1 is 1.14 bits per heavy atom. The van der Waals surface area contributed by atoms with E-state index in [1.165, 1.54) is 44.2 Å². The molecule has 1 saturated carbocycles. The Balaban J connectivity index is 1.60. The Hall–Kier alpha value is -1.77. The molecule has 2 aromatic rings. The molecule has 1 aliphatic rings. The minimum atomic E-state index is 0.636. The van der Waals surface area contributed by atoms with E-state index in [-0.39, 0.29) is 0 Å². The van der Waals surface area contributed by atoms with Crippen molar-refractivity contribution in [2.75, 3.05) is 5.32 Å². The van der Waals surface area contributed by atoms with Crippen LogP contribution in [-0.2, 0) is 0 Å². The maximum Gasteiger partial charge on any atom is 0.0647 e. The van der Waals surface area contributed by atoms with Gasteiger partial charge in [0.15, 0.2) is 0 Å². The summed E-state index contributed by atoms with van der Waals surface area (Å²) in [5.74, 6) is 0.944. The number of nitrogens with one attached hydrogen (secondary N) is 1. The van der Waals surface area contributed by atoms with Crippen LogP contribution in [0.3, 0.4) is 0 Å². The van der Waals surface area contributed by atoms with Gasteiger partial charge in [-0.05, 0) is 55.5 Å². The number of hydrogen-bond donors (Lipinski definition) is 1. The van der Waals surface area contributed by atoms with Crippen LogP contribution in [0.5, 0.6) is 0 Å². The van der Waals surface area contributed by atoms with Gasteiger partial charge in [-0.25, -0.2) is 4.68 Å². The summed E-state index contributed by atoms with van der Waals surface area (Å²) in [6.45, 7) is 2.33. The fraction of sp³-hybridized carbons (Fsp3) is 0.500. The topological polar surface area (TPSA) is 29.9 Å². The highest BCUT2D eigenvalue weighted by molar-refractivity contribution is 5.49. The molecule has 0 spiro atoms. The zero-order valence-electron chi connectivity index (χ0n) is 12.8. The van der Waals surface area contributed by atoms with Crippen LogP contribution >= 0.6 is 0 Å². The normalized spacial score (nSPS) is 22.7. The molecular weight excluding hydrogens is 258 g/mol. The Kier molecular flexibility index (Phi) is 4.59. The number of rotatable bonds is 4. The van der Waals surface area contributed by atoms with E-state index in [0.717, 1.165) is 11.6 Å². The molecule has 1 fully saturated rings.